The number of fused-ring (bicyclic) bond motifs is 1. The summed E-state index contributed by atoms with van der Waals surface area (Å²) in [7, 11) is 0. The molecule has 2 nitrogen and oxygen atoms in total. The summed E-state index contributed by atoms with van der Waals surface area (Å²) >= 11 is 0. The second kappa shape index (κ2) is 3.73. The van der Waals surface area contributed by atoms with E-state index >= 15 is 0 Å². The molecule has 0 saturated carbocycles. The van der Waals surface area contributed by atoms with Crippen LogP contribution in [-0.4, -0.2) is 5.91 Å². The van der Waals surface area contributed by atoms with Crippen LogP contribution in [0.25, 0.3) is 10.8 Å². The molecule has 0 heterocycles. The highest BCUT2D eigenvalue weighted by Gasteiger charge is 2.09. The van der Waals surface area contributed by atoms with E-state index in [-0.39, 0.29) is 5.91 Å². The van der Waals surface area contributed by atoms with Crippen molar-refractivity contribution in [3.05, 3.63) is 47.5 Å². The normalized spacial score (nSPS) is 10.5. The van der Waals surface area contributed by atoms with Crippen molar-refractivity contribution in [2.45, 2.75) is 13.3 Å². The molecule has 15 heavy (non-hydrogen) atoms. The highest BCUT2D eigenvalue weighted by atomic mass is 16.1. The minimum absolute atomic E-state index is 0.349. The Morgan fingerprint density at radius 2 is 1.93 bits per heavy atom. The Balaban J connectivity index is 2.81. The van der Waals surface area contributed by atoms with E-state index in [1.165, 1.54) is 0 Å². The van der Waals surface area contributed by atoms with Crippen LogP contribution in [0.4, 0.5) is 0 Å². The second-order valence-electron chi connectivity index (χ2n) is 3.53. The molecule has 0 aliphatic rings. The average molecular weight is 199 g/mol. The first kappa shape index (κ1) is 9.71. The van der Waals surface area contributed by atoms with Gasteiger partial charge in [0.25, 0.3) is 0 Å². The van der Waals surface area contributed by atoms with Crippen molar-refractivity contribution in [1.82, 2.24) is 0 Å². The minimum Gasteiger partial charge on any atom is -0.366 e. The first-order valence-electron chi connectivity index (χ1n) is 5.04. The van der Waals surface area contributed by atoms with Crippen molar-refractivity contribution in [3.63, 3.8) is 0 Å². The molecule has 2 N–H and O–H groups in total. The topological polar surface area (TPSA) is 43.1 Å². The van der Waals surface area contributed by atoms with Crippen molar-refractivity contribution in [2.75, 3.05) is 0 Å². The third-order valence-electron chi connectivity index (χ3n) is 2.66. The highest BCUT2D eigenvalue weighted by molar-refractivity contribution is 6.00. The Labute approximate surface area is 88.7 Å². The van der Waals surface area contributed by atoms with Crippen molar-refractivity contribution in [2.24, 2.45) is 5.73 Å². The molecular weight excluding hydrogens is 186 g/mol. The molecule has 0 fully saturated rings. The van der Waals surface area contributed by atoms with E-state index in [0.29, 0.717) is 5.56 Å². The quantitative estimate of drug-likeness (QED) is 0.793. The summed E-state index contributed by atoms with van der Waals surface area (Å²) in [6.07, 6.45) is 0.819. The van der Waals surface area contributed by atoms with Gasteiger partial charge in [-0.15, -0.1) is 0 Å². The lowest BCUT2D eigenvalue weighted by molar-refractivity contribution is 0.0999. The molecular formula is C13H13NO. The van der Waals surface area contributed by atoms with Crippen LogP contribution in [0.2, 0.25) is 0 Å². The number of primary amides is 1. The molecule has 0 spiro atoms. The predicted molar refractivity (Wildman–Crippen MR) is 61.8 cm³/mol. The number of hydrogen-bond acceptors (Lipinski definition) is 1. The molecule has 0 saturated heterocycles. The third kappa shape index (κ3) is 1.59. The van der Waals surface area contributed by atoms with E-state index in [1.807, 2.05) is 43.3 Å². The number of hydrogen-bond donors (Lipinski definition) is 1. The van der Waals surface area contributed by atoms with Crippen LogP contribution in [0, 0.1) is 0 Å². The molecule has 0 aromatic heterocycles. The average Bonchev–Trinajstić information content (AvgIpc) is 2.27. The maximum absolute atomic E-state index is 11.2. The van der Waals surface area contributed by atoms with Crippen LogP contribution >= 0.6 is 0 Å². The summed E-state index contributed by atoms with van der Waals surface area (Å²) in [5.41, 5.74) is 7.02. The molecule has 76 valence electrons. The van der Waals surface area contributed by atoms with Crippen LogP contribution in [0.3, 0.4) is 0 Å². The Kier molecular flexibility index (Phi) is 2.42. The molecule has 0 aliphatic carbocycles. The molecule has 2 aromatic carbocycles. The maximum Gasteiger partial charge on any atom is 0.248 e. The molecule has 2 heteroatoms. The van der Waals surface area contributed by atoms with Gasteiger partial charge in [-0.25, -0.2) is 0 Å². The predicted octanol–water partition coefficient (Wildman–Crippen LogP) is 2.50. The van der Waals surface area contributed by atoms with Crippen molar-refractivity contribution >= 4 is 16.7 Å². The first-order chi connectivity index (χ1) is 7.24. The van der Waals surface area contributed by atoms with Crippen LogP contribution in [-0.2, 0) is 6.42 Å². The Bertz CT molecular complexity index is 517. The number of nitrogens with two attached hydrogens (primary N) is 1. The zero-order valence-electron chi connectivity index (χ0n) is 8.66. The van der Waals surface area contributed by atoms with Gasteiger partial charge < -0.3 is 5.73 Å². The fourth-order valence-electron chi connectivity index (χ4n) is 1.95. The number of carbonyl (C=O) groups excluding carboxylic acids is 1. The van der Waals surface area contributed by atoms with Gasteiger partial charge in [-0.1, -0.05) is 37.3 Å². The Morgan fingerprint density at radius 3 is 2.60 bits per heavy atom. The van der Waals surface area contributed by atoms with Crippen LogP contribution < -0.4 is 5.73 Å². The van der Waals surface area contributed by atoms with E-state index in [2.05, 4.69) is 0 Å². The third-order valence-corrected chi connectivity index (χ3v) is 2.66. The van der Waals surface area contributed by atoms with E-state index < -0.39 is 0 Å². The van der Waals surface area contributed by atoms with Gasteiger partial charge in [0.15, 0.2) is 0 Å². The fourth-order valence-corrected chi connectivity index (χ4v) is 1.95. The summed E-state index contributed by atoms with van der Waals surface area (Å²) in [5, 5.41) is 2.27. The lowest BCUT2D eigenvalue weighted by Crippen LogP contribution is -2.13. The van der Waals surface area contributed by atoms with Gasteiger partial charge in [-0.3, -0.25) is 4.79 Å². The lowest BCUT2D eigenvalue weighted by Gasteiger charge is -2.08. The van der Waals surface area contributed by atoms with Crippen molar-refractivity contribution in [3.8, 4) is 0 Å². The lowest BCUT2D eigenvalue weighted by atomic mass is 9.97. The largest absolute Gasteiger partial charge is 0.366 e. The van der Waals surface area contributed by atoms with Crippen LogP contribution in [0.1, 0.15) is 22.8 Å². The minimum atomic E-state index is -0.349. The molecule has 0 unspecified atom stereocenters. The Morgan fingerprint density at radius 1 is 1.20 bits per heavy atom. The van der Waals surface area contributed by atoms with E-state index in [9.17, 15) is 4.79 Å². The van der Waals surface area contributed by atoms with E-state index in [0.717, 1.165) is 22.8 Å². The molecule has 1 amide bonds. The monoisotopic (exact) mass is 199 g/mol. The maximum atomic E-state index is 11.2. The van der Waals surface area contributed by atoms with Gasteiger partial charge >= 0.3 is 0 Å². The highest BCUT2D eigenvalue weighted by Crippen LogP contribution is 2.22. The number of amides is 1. The van der Waals surface area contributed by atoms with Gasteiger partial charge in [0.1, 0.15) is 0 Å². The van der Waals surface area contributed by atoms with E-state index in [1.54, 1.807) is 0 Å². The summed E-state index contributed by atoms with van der Waals surface area (Å²) in [4.78, 5) is 11.2. The summed E-state index contributed by atoms with van der Waals surface area (Å²) in [6.45, 7) is 2.04. The molecule has 0 radical (unpaired) electrons. The Hall–Kier alpha value is -1.83. The number of aryl methyl sites for hydroxylation is 1. The van der Waals surface area contributed by atoms with Gasteiger partial charge in [0.2, 0.25) is 5.91 Å². The molecule has 2 aromatic rings. The smallest absolute Gasteiger partial charge is 0.248 e. The molecule has 0 aliphatic heterocycles. The van der Waals surface area contributed by atoms with E-state index in [4.69, 9.17) is 5.73 Å². The fraction of sp³-hybridized carbons (Fsp3) is 0.154. The second-order valence-corrected chi connectivity index (χ2v) is 3.53. The van der Waals surface area contributed by atoms with Gasteiger partial charge in [-0.05, 0) is 28.8 Å². The molecule has 0 atom stereocenters. The van der Waals surface area contributed by atoms with Crippen molar-refractivity contribution < 1.29 is 4.79 Å². The first-order valence-corrected chi connectivity index (χ1v) is 5.04. The zero-order chi connectivity index (χ0) is 10.8. The van der Waals surface area contributed by atoms with Crippen LogP contribution in [0.5, 0.6) is 0 Å². The van der Waals surface area contributed by atoms with Gasteiger partial charge in [0, 0.05) is 5.56 Å². The van der Waals surface area contributed by atoms with Gasteiger partial charge in [0.05, 0.1) is 0 Å². The summed E-state index contributed by atoms with van der Waals surface area (Å²) in [6, 6.07) is 11.8. The van der Waals surface area contributed by atoms with Crippen molar-refractivity contribution in [1.29, 1.82) is 0 Å². The summed E-state index contributed by atoms with van der Waals surface area (Å²) in [5.74, 6) is -0.349. The van der Waals surface area contributed by atoms with Crippen LogP contribution in [0.15, 0.2) is 36.4 Å². The SMILES string of the molecule is CCc1c(C(N)=O)ccc2ccccc12. The zero-order valence-corrected chi connectivity index (χ0v) is 8.66. The standard InChI is InChI=1S/C13H13NO/c1-2-10-11-6-4-3-5-9(11)7-8-12(10)13(14)15/h3-8H,2H2,1H3,(H2,14,15). The number of rotatable bonds is 2. The van der Waals surface area contributed by atoms with Gasteiger partial charge in [-0.2, -0.15) is 0 Å². The molecule has 0 bridgehead atoms. The number of benzene rings is 2. The molecule has 2 rings (SSSR count). The summed E-state index contributed by atoms with van der Waals surface area (Å²) < 4.78 is 0. The number of carbonyl (C=O) groups is 1.